The number of hydrogen-bond donors (Lipinski definition) is 3. The van der Waals surface area contributed by atoms with Gasteiger partial charge in [-0.3, -0.25) is 15.6 Å². The monoisotopic (exact) mass is 354 g/mol. The third-order valence-electron chi connectivity index (χ3n) is 3.08. The zero-order valence-corrected chi connectivity index (χ0v) is 15.5. The van der Waals surface area contributed by atoms with Crippen LogP contribution in [0.3, 0.4) is 0 Å². The SMILES string of the molecule is CCOc1ccc(C(=O)NNC(=S)NCCCN(C)C)cc1OC. The van der Waals surface area contributed by atoms with Crippen LogP contribution in [-0.4, -0.2) is 56.8 Å². The number of hydrazine groups is 1. The Morgan fingerprint density at radius 2 is 2.00 bits per heavy atom. The van der Waals surface area contributed by atoms with E-state index in [1.807, 2.05) is 21.0 Å². The van der Waals surface area contributed by atoms with Gasteiger partial charge in [0.05, 0.1) is 13.7 Å². The van der Waals surface area contributed by atoms with Crippen molar-refractivity contribution >= 4 is 23.2 Å². The van der Waals surface area contributed by atoms with Gasteiger partial charge >= 0.3 is 0 Å². The summed E-state index contributed by atoms with van der Waals surface area (Å²) < 4.78 is 10.7. The second-order valence-corrected chi connectivity index (χ2v) is 5.70. The van der Waals surface area contributed by atoms with Gasteiger partial charge in [-0.2, -0.15) is 0 Å². The zero-order valence-electron chi connectivity index (χ0n) is 14.6. The molecule has 0 aliphatic rings. The van der Waals surface area contributed by atoms with Crippen molar-refractivity contribution in [3.05, 3.63) is 23.8 Å². The van der Waals surface area contributed by atoms with Gasteiger partial charge in [-0.1, -0.05) is 0 Å². The van der Waals surface area contributed by atoms with Crippen molar-refractivity contribution in [2.24, 2.45) is 0 Å². The Kier molecular flexibility index (Phi) is 8.88. The summed E-state index contributed by atoms with van der Waals surface area (Å²) in [6.45, 7) is 4.11. The number of nitrogens with one attached hydrogen (secondary N) is 3. The largest absolute Gasteiger partial charge is 0.493 e. The first-order valence-electron chi connectivity index (χ1n) is 7.77. The van der Waals surface area contributed by atoms with Crippen LogP contribution in [0.1, 0.15) is 23.7 Å². The highest BCUT2D eigenvalue weighted by atomic mass is 32.1. The Balaban J connectivity index is 2.46. The van der Waals surface area contributed by atoms with E-state index in [-0.39, 0.29) is 5.91 Å². The van der Waals surface area contributed by atoms with Gasteiger partial charge in [0.1, 0.15) is 0 Å². The van der Waals surface area contributed by atoms with E-state index in [1.165, 1.54) is 7.11 Å². The standard InChI is InChI=1S/C16H26N4O3S/c1-5-23-13-8-7-12(11-14(13)22-4)15(21)18-19-16(24)17-9-6-10-20(2)3/h7-8,11H,5-6,9-10H2,1-4H3,(H,18,21)(H2,17,19,24). The molecule has 1 amide bonds. The van der Waals surface area contributed by atoms with Crippen molar-refractivity contribution in [2.45, 2.75) is 13.3 Å². The Bertz CT molecular complexity index is 552. The van der Waals surface area contributed by atoms with Crippen LogP contribution in [0.2, 0.25) is 0 Å². The molecule has 0 aliphatic heterocycles. The number of thiocarbonyl (C=S) groups is 1. The number of methoxy groups -OCH3 is 1. The molecule has 134 valence electrons. The molecular formula is C16H26N4O3S. The van der Waals surface area contributed by atoms with Crippen molar-refractivity contribution in [3.8, 4) is 11.5 Å². The summed E-state index contributed by atoms with van der Waals surface area (Å²) in [5.74, 6) is 0.797. The van der Waals surface area contributed by atoms with Gasteiger partial charge in [-0.05, 0) is 64.4 Å². The molecule has 7 nitrogen and oxygen atoms in total. The maximum atomic E-state index is 12.1. The molecule has 0 aliphatic carbocycles. The van der Waals surface area contributed by atoms with Gasteiger partial charge in [0.25, 0.3) is 5.91 Å². The lowest BCUT2D eigenvalue weighted by atomic mass is 10.2. The van der Waals surface area contributed by atoms with Crippen molar-refractivity contribution in [1.29, 1.82) is 0 Å². The molecule has 0 fully saturated rings. The Morgan fingerprint density at radius 3 is 2.62 bits per heavy atom. The van der Waals surface area contributed by atoms with E-state index in [4.69, 9.17) is 21.7 Å². The van der Waals surface area contributed by atoms with Gasteiger partial charge < -0.3 is 19.7 Å². The molecule has 0 radical (unpaired) electrons. The first-order valence-corrected chi connectivity index (χ1v) is 8.18. The van der Waals surface area contributed by atoms with E-state index in [0.717, 1.165) is 19.5 Å². The molecule has 0 saturated heterocycles. The number of amides is 1. The van der Waals surface area contributed by atoms with Crippen LogP contribution in [0.5, 0.6) is 11.5 Å². The highest BCUT2D eigenvalue weighted by molar-refractivity contribution is 7.80. The van der Waals surface area contributed by atoms with Crippen LogP contribution in [-0.2, 0) is 0 Å². The Hall–Kier alpha value is -2.06. The molecule has 0 saturated carbocycles. The summed E-state index contributed by atoms with van der Waals surface area (Å²) in [5.41, 5.74) is 5.68. The molecule has 1 aromatic carbocycles. The molecule has 24 heavy (non-hydrogen) atoms. The van der Waals surface area contributed by atoms with Gasteiger partial charge in [0.2, 0.25) is 0 Å². The summed E-state index contributed by atoms with van der Waals surface area (Å²) in [4.78, 5) is 14.2. The lowest BCUT2D eigenvalue weighted by Crippen LogP contribution is -2.47. The first kappa shape index (κ1) is 20.0. The Morgan fingerprint density at radius 1 is 1.25 bits per heavy atom. The van der Waals surface area contributed by atoms with Crippen molar-refractivity contribution in [2.75, 3.05) is 40.9 Å². The highest BCUT2D eigenvalue weighted by Gasteiger charge is 2.11. The number of carbonyl (C=O) groups excluding carboxylic acids is 1. The fourth-order valence-electron chi connectivity index (χ4n) is 1.91. The third kappa shape index (κ3) is 7.01. The smallest absolute Gasteiger partial charge is 0.269 e. The predicted octanol–water partition coefficient (Wildman–Crippen LogP) is 1.15. The maximum absolute atomic E-state index is 12.1. The summed E-state index contributed by atoms with van der Waals surface area (Å²) in [5, 5.41) is 3.40. The van der Waals surface area contributed by atoms with Gasteiger partial charge in [0.15, 0.2) is 16.6 Å². The highest BCUT2D eigenvalue weighted by Crippen LogP contribution is 2.27. The van der Waals surface area contributed by atoms with Crippen LogP contribution in [0.4, 0.5) is 0 Å². The van der Waals surface area contributed by atoms with E-state index < -0.39 is 0 Å². The second kappa shape index (κ2) is 10.7. The normalized spacial score (nSPS) is 10.2. The van der Waals surface area contributed by atoms with Crippen molar-refractivity contribution in [3.63, 3.8) is 0 Å². The number of ether oxygens (including phenoxy) is 2. The molecule has 1 aromatic rings. The van der Waals surface area contributed by atoms with E-state index in [0.29, 0.717) is 28.8 Å². The van der Waals surface area contributed by atoms with Crippen molar-refractivity contribution in [1.82, 2.24) is 21.1 Å². The molecule has 3 N–H and O–H groups in total. The molecule has 0 heterocycles. The van der Waals surface area contributed by atoms with E-state index >= 15 is 0 Å². The molecular weight excluding hydrogens is 328 g/mol. The molecule has 0 aromatic heterocycles. The lowest BCUT2D eigenvalue weighted by Gasteiger charge is -2.14. The van der Waals surface area contributed by atoms with Crippen molar-refractivity contribution < 1.29 is 14.3 Å². The maximum Gasteiger partial charge on any atom is 0.269 e. The minimum absolute atomic E-state index is 0.311. The lowest BCUT2D eigenvalue weighted by molar-refractivity contribution is 0.0943. The second-order valence-electron chi connectivity index (χ2n) is 5.29. The summed E-state index contributed by atoms with van der Waals surface area (Å²) in [6.07, 6.45) is 0.957. The third-order valence-corrected chi connectivity index (χ3v) is 3.33. The molecule has 1 rings (SSSR count). The quantitative estimate of drug-likeness (QED) is 0.367. The van der Waals surface area contributed by atoms with Gasteiger partial charge in [0, 0.05) is 12.1 Å². The average Bonchev–Trinajstić information content (AvgIpc) is 2.57. The van der Waals surface area contributed by atoms with Crippen LogP contribution in [0, 0.1) is 0 Å². The van der Waals surface area contributed by atoms with Gasteiger partial charge in [-0.15, -0.1) is 0 Å². The van der Waals surface area contributed by atoms with E-state index in [1.54, 1.807) is 18.2 Å². The zero-order chi connectivity index (χ0) is 17.9. The molecule has 0 spiro atoms. The fourth-order valence-corrected chi connectivity index (χ4v) is 2.06. The van der Waals surface area contributed by atoms with Crippen LogP contribution < -0.4 is 25.6 Å². The van der Waals surface area contributed by atoms with Crippen LogP contribution >= 0.6 is 12.2 Å². The number of nitrogens with zero attached hydrogens (tertiary/aromatic N) is 1. The number of benzene rings is 1. The Labute approximate surface area is 148 Å². The molecule has 0 bridgehead atoms. The fraction of sp³-hybridized carbons (Fsp3) is 0.500. The predicted molar refractivity (Wildman–Crippen MR) is 98.5 cm³/mol. The van der Waals surface area contributed by atoms with E-state index in [2.05, 4.69) is 21.1 Å². The topological polar surface area (TPSA) is 74.9 Å². The minimum Gasteiger partial charge on any atom is -0.493 e. The molecule has 0 unspecified atom stereocenters. The number of carbonyl (C=O) groups is 1. The minimum atomic E-state index is -0.311. The van der Waals surface area contributed by atoms with Crippen LogP contribution in [0.15, 0.2) is 18.2 Å². The number of hydrogen-bond acceptors (Lipinski definition) is 5. The summed E-state index contributed by atoms with van der Waals surface area (Å²) in [7, 11) is 5.56. The van der Waals surface area contributed by atoms with E-state index in [9.17, 15) is 4.79 Å². The van der Waals surface area contributed by atoms with Crippen LogP contribution in [0.25, 0.3) is 0 Å². The first-order chi connectivity index (χ1) is 11.5. The molecule has 0 atom stereocenters. The summed E-state index contributed by atoms with van der Waals surface area (Å²) in [6, 6.07) is 4.99. The average molecular weight is 354 g/mol. The molecule has 8 heteroatoms. The van der Waals surface area contributed by atoms with Gasteiger partial charge in [-0.25, -0.2) is 0 Å². The number of rotatable bonds is 8. The summed E-state index contributed by atoms with van der Waals surface area (Å²) >= 11 is 5.11.